The summed E-state index contributed by atoms with van der Waals surface area (Å²) in [6, 6.07) is 16.7. The molecule has 0 aromatic heterocycles. The van der Waals surface area contributed by atoms with Crippen molar-refractivity contribution < 1.29 is 0 Å². The molecule has 0 bridgehead atoms. The molecule has 18 heavy (non-hydrogen) atoms. The van der Waals surface area contributed by atoms with E-state index >= 15 is 0 Å². The molecule has 1 fully saturated rings. The van der Waals surface area contributed by atoms with Crippen molar-refractivity contribution in [3.63, 3.8) is 0 Å². The zero-order chi connectivity index (χ0) is 12.5. The zero-order valence-corrected chi connectivity index (χ0v) is 10.9. The smallest absolute Gasteiger partial charge is 0.0484 e. The highest BCUT2D eigenvalue weighted by atomic mass is 35.5. The maximum Gasteiger partial charge on any atom is 0.0484 e. The number of halogens is 1. The molecular formula is C16H16ClN. The molecule has 0 radical (unpaired) electrons. The fourth-order valence-corrected chi connectivity index (χ4v) is 2.79. The lowest BCUT2D eigenvalue weighted by Crippen LogP contribution is -2.01. The lowest BCUT2D eigenvalue weighted by Gasteiger charge is -2.07. The third-order valence-corrected chi connectivity index (χ3v) is 4.05. The van der Waals surface area contributed by atoms with Crippen LogP contribution in [0.4, 0.5) is 0 Å². The van der Waals surface area contributed by atoms with Crippen LogP contribution in [0.15, 0.2) is 48.5 Å². The van der Waals surface area contributed by atoms with Gasteiger partial charge in [0.1, 0.15) is 0 Å². The van der Waals surface area contributed by atoms with Gasteiger partial charge in [-0.05, 0) is 42.0 Å². The van der Waals surface area contributed by atoms with E-state index in [0.29, 0.717) is 11.8 Å². The van der Waals surface area contributed by atoms with E-state index in [2.05, 4.69) is 30.3 Å². The molecular weight excluding hydrogens is 242 g/mol. The Labute approximate surface area is 113 Å². The van der Waals surface area contributed by atoms with Gasteiger partial charge in [-0.1, -0.05) is 54.1 Å². The minimum atomic E-state index is 0.650. The second-order valence-electron chi connectivity index (χ2n) is 4.94. The van der Waals surface area contributed by atoms with Crippen molar-refractivity contribution in [2.75, 3.05) is 6.54 Å². The van der Waals surface area contributed by atoms with Crippen LogP contribution in [0, 0.1) is 5.92 Å². The molecule has 0 amide bonds. The highest BCUT2D eigenvalue weighted by Gasteiger charge is 2.36. The van der Waals surface area contributed by atoms with Gasteiger partial charge in [-0.15, -0.1) is 0 Å². The van der Waals surface area contributed by atoms with Crippen LogP contribution in [0.3, 0.4) is 0 Å². The molecule has 2 aromatic carbocycles. The summed E-state index contributed by atoms with van der Waals surface area (Å²) in [6.45, 7) is 0.793. The molecule has 0 aliphatic heterocycles. The van der Waals surface area contributed by atoms with Crippen LogP contribution in [0.5, 0.6) is 0 Å². The molecule has 0 heterocycles. The average Bonchev–Trinajstić information content (AvgIpc) is 3.19. The number of nitrogens with two attached hydrogens (primary N) is 1. The Hall–Kier alpha value is -1.31. The molecule has 2 aromatic rings. The molecule has 1 aliphatic carbocycles. The Bertz CT molecular complexity index is 565. The Morgan fingerprint density at radius 2 is 1.94 bits per heavy atom. The number of benzene rings is 2. The van der Waals surface area contributed by atoms with E-state index in [4.69, 9.17) is 17.3 Å². The molecule has 2 heteroatoms. The second-order valence-corrected chi connectivity index (χ2v) is 5.35. The molecule has 92 valence electrons. The van der Waals surface area contributed by atoms with Crippen molar-refractivity contribution in [2.24, 2.45) is 11.7 Å². The van der Waals surface area contributed by atoms with Gasteiger partial charge in [-0.25, -0.2) is 0 Å². The van der Waals surface area contributed by atoms with E-state index in [1.54, 1.807) is 0 Å². The first-order valence-electron chi connectivity index (χ1n) is 6.34. The van der Waals surface area contributed by atoms with Crippen molar-refractivity contribution in [3.05, 3.63) is 59.1 Å². The third kappa shape index (κ3) is 2.16. The van der Waals surface area contributed by atoms with Gasteiger partial charge in [0.25, 0.3) is 0 Å². The Kier molecular flexibility index (Phi) is 3.11. The van der Waals surface area contributed by atoms with Gasteiger partial charge >= 0.3 is 0 Å². The summed E-state index contributed by atoms with van der Waals surface area (Å²) in [5, 5.41) is 0.806. The minimum Gasteiger partial charge on any atom is -0.330 e. The SMILES string of the molecule is NCC1CC1c1cccc(-c2ccccc2Cl)c1. The fourth-order valence-electron chi connectivity index (χ4n) is 2.55. The van der Waals surface area contributed by atoms with Crippen LogP contribution in [-0.4, -0.2) is 6.54 Å². The maximum absolute atomic E-state index is 6.24. The predicted octanol–water partition coefficient (Wildman–Crippen LogP) is 4.07. The van der Waals surface area contributed by atoms with Gasteiger partial charge in [-0.2, -0.15) is 0 Å². The van der Waals surface area contributed by atoms with Gasteiger partial charge in [0.05, 0.1) is 0 Å². The molecule has 1 nitrogen and oxygen atoms in total. The van der Waals surface area contributed by atoms with Gasteiger partial charge in [0, 0.05) is 10.6 Å². The lowest BCUT2D eigenvalue weighted by molar-refractivity contribution is 0.810. The van der Waals surface area contributed by atoms with Crippen LogP contribution in [0.2, 0.25) is 5.02 Å². The van der Waals surface area contributed by atoms with E-state index in [0.717, 1.165) is 17.1 Å². The van der Waals surface area contributed by atoms with E-state index < -0.39 is 0 Å². The number of hydrogen-bond acceptors (Lipinski definition) is 1. The molecule has 2 N–H and O–H groups in total. The summed E-state index contributed by atoms with van der Waals surface area (Å²) in [5.74, 6) is 1.32. The summed E-state index contributed by atoms with van der Waals surface area (Å²) in [5.41, 5.74) is 9.40. The Balaban J connectivity index is 1.95. The van der Waals surface area contributed by atoms with Crippen molar-refractivity contribution in [1.82, 2.24) is 0 Å². The molecule has 0 saturated heterocycles. The van der Waals surface area contributed by atoms with Crippen LogP contribution in [0.25, 0.3) is 11.1 Å². The molecule has 3 rings (SSSR count). The van der Waals surface area contributed by atoms with E-state index in [9.17, 15) is 0 Å². The first kappa shape index (κ1) is 11.8. The average molecular weight is 258 g/mol. The zero-order valence-electron chi connectivity index (χ0n) is 10.1. The van der Waals surface area contributed by atoms with Crippen LogP contribution >= 0.6 is 11.6 Å². The molecule has 2 atom stereocenters. The third-order valence-electron chi connectivity index (χ3n) is 3.72. The topological polar surface area (TPSA) is 26.0 Å². The summed E-state index contributed by atoms with van der Waals surface area (Å²) < 4.78 is 0. The van der Waals surface area contributed by atoms with E-state index in [-0.39, 0.29) is 0 Å². The van der Waals surface area contributed by atoms with Crippen LogP contribution < -0.4 is 5.73 Å². The largest absolute Gasteiger partial charge is 0.330 e. The van der Waals surface area contributed by atoms with Crippen molar-refractivity contribution in [1.29, 1.82) is 0 Å². The minimum absolute atomic E-state index is 0.650. The molecule has 1 aliphatic rings. The summed E-state index contributed by atoms with van der Waals surface area (Å²) in [4.78, 5) is 0. The van der Waals surface area contributed by atoms with Gasteiger partial charge < -0.3 is 5.73 Å². The molecule has 0 spiro atoms. The van der Waals surface area contributed by atoms with E-state index in [1.165, 1.54) is 17.5 Å². The van der Waals surface area contributed by atoms with Crippen LogP contribution in [0.1, 0.15) is 17.9 Å². The standard InChI is InChI=1S/C16H16ClN/c17-16-7-2-1-6-14(16)11-4-3-5-12(8-11)15-9-13(15)10-18/h1-8,13,15H,9-10,18H2. The predicted molar refractivity (Wildman–Crippen MR) is 76.8 cm³/mol. The maximum atomic E-state index is 6.24. The first-order valence-corrected chi connectivity index (χ1v) is 6.72. The first-order chi connectivity index (χ1) is 8.79. The Morgan fingerprint density at radius 1 is 1.11 bits per heavy atom. The van der Waals surface area contributed by atoms with Gasteiger partial charge in [0.15, 0.2) is 0 Å². The normalized spacial score (nSPS) is 21.9. The lowest BCUT2D eigenvalue weighted by atomic mass is 10.0. The number of hydrogen-bond donors (Lipinski definition) is 1. The monoisotopic (exact) mass is 257 g/mol. The quantitative estimate of drug-likeness (QED) is 0.881. The van der Waals surface area contributed by atoms with Crippen molar-refractivity contribution >= 4 is 11.6 Å². The highest BCUT2D eigenvalue weighted by Crippen LogP contribution is 2.47. The summed E-state index contributed by atoms with van der Waals surface area (Å²) in [7, 11) is 0. The van der Waals surface area contributed by atoms with Crippen molar-refractivity contribution in [2.45, 2.75) is 12.3 Å². The summed E-state index contributed by atoms with van der Waals surface area (Å²) >= 11 is 6.24. The molecule has 1 saturated carbocycles. The Morgan fingerprint density at radius 3 is 2.67 bits per heavy atom. The summed E-state index contributed by atoms with van der Waals surface area (Å²) in [6.07, 6.45) is 1.22. The van der Waals surface area contributed by atoms with Crippen LogP contribution in [-0.2, 0) is 0 Å². The second kappa shape index (κ2) is 4.75. The van der Waals surface area contributed by atoms with Gasteiger partial charge in [0.2, 0.25) is 0 Å². The van der Waals surface area contributed by atoms with Gasteiger partial charge in [-0.3, -0.25) is 0 Å². The van der Waals surface area contributed by atoms with Crippen molar-refractivity contribution in [3.8, 4) is 11.1 Å². The number of rotatable bonds is 3. The fraction of sp³-hybridized carbons (Fsp3) is 0.250. The molecule has 2 unspecified atom stereocenters. The highest BCUT2D eigenvalue weighted by molar-refractivity contribution is 6.33. The van der Waals surface area contributed by atoms with E-state index in [1.807, 2.05) is 18.2 Å².